The van der Waals surface area contributed by atoms with Crippen molar-refractivity contribution < 1.29 is 27.4 Å². The molecule has 168 valence electrons. The average molecular weight is 450 g/mol. The molecule has 0 spiro atoms. The summed E-state index contributed by atoms with van der Waals surface area (Å²) in [5.41, 5.74) is 3.90. The number of anilines is 1. The second-order valence-electron chi connectivity index (χ2n) is 6.47. The van der Waals surface area contributed by atoms with Crippen molar-refractivity contribution in [3.63, 3.8) is 0 Å². The van der Waals surface area contributed by atoms with Gasteiger partial charge in [-0.25, -0.2) is 13.8 Å². The van der Waals surface area contributed by atoms with Crippen LogP contribution in [-0.2, 0) is 14.8 Å². The molecule has 0 fully saturated rings. The smallest absolute Gasteiger partial charge is 0.260 e. The molecule has 2 rings (SSSR count). The van der Waals surface area contributed by atoms with Crippen molar-refractivity contribution in [2.45, 2.75) is 13.8 Å². The van der Waals surface area contributed by atoms with Gasteiger partial charge in [0.2, 0.25) is 10.0 Å². The van der Waals surface area contributed by atoms with Crippen LogP contribution >= 0.6 is 0 Å². The molecule has 1 amide bonds. The Balaban J connectivity index is 2.20. The van der Waals surface area contributed by atoms with Gasteiger partial charge in [0.25, 0.3) is 5.91 Å². The molecular weight excluding hydrogens is 422 g/mol. The Bertz CT molecular complexity index is 1050. The van der Waals surface area contributed by atoms with Gasteiger partial charge in [-0.15, -0.1) is 0 Å². The van der Waals surface area contributed by atoms with Gasteiger partial charge in [0.05, 0.1) is 38.5 Å². The maximum atomic E-state index is 12.5. The molecule has 0 aliphatic rings. The summed E-state index contributed by atoms with van der Waals surface area (Å²) < 4.78 is 41.6. The molecule has 0 aromatic heterocycles. The number of ether oxygens (including phenoxy) is 3. The SMILES string of the molecule is CCOc1ccccc1N(CC(=O)N/N=C(/C)c1ccc(OC)c(OC)c1)S(C)(=O)=O. The molecule has 2 aromatic carbocycles. The minimum absolute atomic E-state index is 0.280. The fourth-order valence-corrected chi connectivity index (χ4v) is 3.62. The lowest BCUT2D eigenvalue weighted by atomic mass is 10.1. The predicted molar refractivity (Wildman–Crippen MR) is 120 cm³/mol. The number of benzene rings is 2. The van der Waals surface area contributed by atoms with Crippen LogP contribution in [-0.4, -0.2) is 53.7 Å². The number of hydrogen-bond donors (Lipinski definition) is 1. The lowest BCUT2D eigenvalue weighted by molar-refractivity contribution is -0.119. The molecule has 0 saturated heterocycles. The van der Waals surface area contributed by atoms with Crippen molar-refractivity contribution >= 4 is 27.3 Å². The average Bonchev–Trinajstić information content (AvgIpc) is 2.75. The van der Waals surface area contributed by atoms with E-state index in [2.05, 4.69) is 10.5 Å². The van der Waals surface area contributed by atoms with E-state index in [-0.39, 0.29) is 5.69 Å². The van der Waals surface area contributed by atoms with E-state index in [0.29, 0.717) is 35.1 Å². The van der Waals surface area contributed by atoms with E-state index >= 15 is 0 Å². The predicted octanol–water partition coefficient (Wildman–Crippen LogP) is 2.41. The Kier molecular flexibility index (Phi) is 8.26. The van der Waals surface area contributed by atoms with Crippen LogP contribution in [0, 0.1) is 0 Å². The number of methoxy groups -OCH3 is 2. The highest BCUT2D eigenvalue weighted by molar-refractivity contribution is 7.92. The molecule has 0 heterocycles. The first kappa shape index (κ1) is 24.0. The van der Waals surface area contributed by atoms with Crippen LogP contribution in [0.3, 0.4) is 0 Å². The number of carbonyl (C=O) groups excluding carboxylic acids is 1. The van der Waals surface area contributed by atoms with Crippen LogP contribution in [0.1, 0.15) is 19.4 Å². The molecular formula is C21H27N3O6S. The Morgan fingerprint density at radius 3 is 2.35 bits per heavy atom. The number of hydrazone groups is 1. The summed E-state index contributed by atoms with van der Waals surface area (Å²) in [6.07, 6.45) is 1.03. The zero-order valence-electron chi connectivity index (χ0n) is 18.2. The van der Waals surface area contributed by atoms with E-state index < -0.39 is 22.5 Å². The number of nitrogens with zero attached hydrogens (tertiary/aromatic N) is 2. The van der Waals surface area contributed by atoms with Gasteiger partial charge >= 0.3 is 0 Å². The Morgan fingerprint density at radius 2 is 1.74 bits per heavy atom. The Labute approximate surface area is 182 Å². The number of hydrogen-bond acceptors (Lipinski definition) is 7. The largest absolute Gasteiger partial charge is 0.493 e. The molecule has 0 saturated carbocycles. The van der Waals surface area contributed by atoms with Gasteiger partial charge in [0, 0.05) is 5.56 Å². The first-order valence-corrected chi connectivity index (χ1v) is 11.3. The first-order valence-electron chi connectivity index (χ1n) is 9.46. The van der Waals surface area contributed by atoms with Crippen molar-refractivity contribution in [3.8, 4) is 17.2 Å². The molecule has 9 nitrogen and oxygen atoms in total. The normalized spacial score (nSPS) is 11.6. The maximum Gasteiger partial charge on any atom is 0.260 e. The van der Waals surface area contributed by atoms with Gasteiger partial charge in [-0.2, -0.15) is 5.10 Å². The molecule has 0 radical (unpaired) electrons. The van der Waals surface area contributed by atoms with Crippen molar-refractivity contribution in [1.29, 1.82) is 0 Å². The monoisotopic (exact) mass is 449 g/mol. The van der Waals surface area contributed by atoms with Crippen LogP contribution in [0.5, 0.6) is 17.2 Å². The summed E-state index contributed by atoms with van der Waals surface area (Å²) in [6, 6.07) is 11.9. The molecule has 2 aromatic rings. The third-order valence-electron chi connectivity index (χ3n) is 4.27. The van der Waals surface area contributed by atoms with Crippen molar-refractivity contribution in [2.75, 3.05) is 37.9 Å². The second kappa shape index (κ2) is 10.7. The summed E-state index contributed by atoms with van der Waals surface area (Å²) in [6.45, 7) is 3.40. The lowest BCUT2D eigenvalue weighted by Crippen LogP contribution is -2.39. The third-order valence-corrected chi connectivity index (χ3v) is 5.40. The number of sulfonamides is 1. The molecule has 0 unspecified atom stereocenters. The highest BCUT2D eigenvalue weighted by Crippen LogP contribution is 2.30. The minimum atomic E-state index is -3.75. The topological polar surface area (TPSA) is 107 Å². The van der Waals surface area contributed by atoms with Crippen molar-refractivity contribution in [3.05, 3.63) is 48.0 Å². The van der Waals surface area contributed by atoms with E-state index in [1.54, 1.807) is 56.3 Å². The van der Waals surface area contributed by atoms with Crippen LogP contribution in [0.2, 0.25) is 0 Å². The van der Waals surface area contributed by atoms with Crippen LogP contribution < -0.4 is 23.9 Å². The summed E-state index contributed by atoms with van der Waals surface area (Å²) in [7, 11) is -0.686. The molecule has 0 aliphatic heterocycles. The van der Waals surface area contributed by atoms with Crippen molar-refractivity contribution in [2.24, 2.45) is 5.10 Å². The summed E-state index contributed by atoms with van der Waals surface area (Å²) in [5.74, 6) is 0.862. The van der Waals surface area contributed by atoms with Gasteiger partial charge < -0.3 is 14.2 Å². The number of para-hydroxylation sites is 2. The van der Waals surface area contributed by atoms with Crippen LogP contribution in [0.15, 0.2) is 47.6 Å². The molecule has 0 atom stereocenters. The van der Waals surface area contributed by atoms with Gasteiger partial charge in [0.1, 0.15) is 12.3 Å². The van der Waals surface area contributed by atoms with Gasteiger partial charge in [-0.3, -0.25) is 9.10 Å². The quantitative estimate of drug-likeness (QED) is 0.441. The highest BCUT2D eigenvalue weighted by Gasteiger charge is 2.23. The number of rotatable bonds is 10. The first-order chi connectivity index (χ1) is 14.7. The fraction of sp³-hybridized carbons (Fsp3) is 0.333. The Morgan fingerprint density at radius 1 is 1.06 bits per heavy atom. The Hall–Kier alpha value is -3.27. The maximum absolute atomic E-state index is 12.5. The molecule has 10 heteroatoms. The third kappa shape index (κ3) is 6.35. The van der Waals surface area contributed by atoms with Gasteiger partial charge in [-0.05, 0) is 44.2 Å². The van der Waals surface area contributed by atoms with E-state index in [9.17, 15) is 13.2 Å². The fourth-order valence-electron chi connectivity index (χ4n) is 2.76. The van der Waals surface area contributed by atoms with Crippen LogP contribution in [0.25, 0.3) is 0 Å². The molecule has 1 N–H and O–H groups in total. The van der Waals surface area contributed by atoms with E-state index in [0.717, 1.165) is 10.6 Å². The highest BCUT2D eigenvalue weighted by atomic mass is 32.2. The number of nitrogens with one attached hydrogen (secondary N) is 1. The zero-order valence-corrected chi connectivity index (χ0v) is 19.0. The lowest BCUT2D eigenvalue weighted by Gasteiger charge is -2.23. The summed E-state index contributed by atoms with van der Waals surface area (Å²) in [5, 5.41) is 4.08. The van der Waals surface area contributed by atoms with E-state index in [1.165, 1.54) is 14.2 Å². The minimum Gasteiger partial charge on any atom is -0.493 e. The zero-order chi connectivity index (χ0) is 23.0. The molecule has 0 aliphatic carbocycles. The molecule has 0 bridgehead atoms. The van der Waals surface area contributed by atoms with E-state index in [4.69, 9.17) is 14.2 Å². The number of carbonyl (C=O) groups is 1. The standard InChI is InChI=1S/C21H27N3O6S/c1-6-30-18-10-8-7-9-17(18)24(31(5,26)27)14-21(25)23-22-15(2)16-11-12-19(28-3)20(13-16)29-4/h7-13H,6,14H2,1-5H3,(H,23,25)/b22-15-. The molecule has 31 heavy (non-hydrogen) atoms. The van der Waals surface area contributed by atoms with E-state index in [1.807, 2.05) is 0 Å². The number of amides is 1. The second-order valence-corrected chi connectivity index (χ2v) is 8.38. The summed E-state index contributed by atoms with van der Waals surface area (Å²) >= 11 is 0. The summed E-state index contributed by atoms with van der Waals surface area (Å²) in [4.78, 5) is 12.5. The van der Waals surface area contributed by atoms with Gasteiger partial charge in [0.15, 0.2) is 11.5 Å². The van der Waals surface area contributed by atoms with Crippen LogP contribution in [0.4, 0.5) is 5.69 Å². The van der Waals surface area contributed by atoms with Crippen molar-refractivity contribution in [1.82, 2.24) is 5.43 Å². The van der Waals surface area contributed by atoms with Gasteiger partial charge in [-0.1, -0.05) is 12.1 Å².